The molecule has 0 bridgehead atoms. The number of fused-ring (bicyclic) bond motifs is 10. The van der Waals surface area contributed by atoms with Crippen LogP contribution >= 0.6 is 0 Å². The first-order valence-corrected chi connectivity index (χ1v) is 22.3. The molecule has 3 aromatic rings. The zero-order chi connectivity index (χ0) is 41.8. The average Bonchev–Trinajstić information content (AvgIpc) is 3.70. The molecule has 1 heterocycles. The highest BCUT2D eigenvalue weighted by Gasteiger charge is 2.72. The van der Waals surface area contributed by atoms with Gasteiger partial charge in [0.25, 0.3) is 0 Å². The minimum atomic E-state index is -0.273. The van der Waals surface area contributed by atoms with Crippen molar-refractivity contribution in [1.29, 1.82) is 0 Å². The Morgan fingerprint density at radius 3 is 2.12 bits per heavy atom. The van der Waals surface area contributed by atoms with Crippen molar-refractivity contribution in [2.75, 3.05) is 13.2 Å². The van der Waals surface area contributed by atoms with E-state index in [-0.39, 0.29) is 56.8 Å². The number of ether oxygens (including phenoxy) is 2. The SMILES string of the molecule is Cc1ccc(C2=CC[C@]3(C)[C@H]4CC[C@@H]5[C@H]6[C@H](C7(C)CO7)CC[C@]6(NC(=O)OCC6c7ccccc7-c7ccccc76)CC[C@@]5(C)[C@]4(C)CC[C@H]3C2(C)C)cc1F.O=C=O. The summed E-state index contributed by atoms with van der Waals surface area (Å²) >= 11 is 0. The van der Waals surface area contributed by atoms with Gasteiger partial charge in [-0.25, -0.2) is 9.18 Å². The highest BCUT2D eigenvalue weighted by molar-refractivity contribution is 5.79. The second kappa shape index (κ2) is 14.0. The van der Waals surface area contributed by atoms with Gasteiger partial charge in [0.15, 0.2) is 0 Å². The number of epoxide rings is 1. The number of benzene rings is 3. The maximum Gasteiger partial charge on any atom is 0.407 e. The summed E-state index contributed by atoms with van der Waals surface area (Å²) in [5, 5.41) is 3.67. The van der Waals surface area contributed by atoms with Crippen LogP contribution in [-0.2, 0) is 19.1 Å². The number of halogens is 1. The van der Waals surface area contributed by atoms with Crippen LogP contribution in [0.4, 0.5) is 9.18 Å². The largest absolute Gasteiger partial charge is 0.449 e. The molecule has 1 saturated heterocycles. The quantitative estimate of drug-likeness (QED) is 0.260. The zero-order valence-electron chi connectivity index (χ0n) is 36.1. The fourth-order valence-electron chi connectivity index (χ4n) is 15.5. The van der Waals surface area contributed by atoms with E-state index in [0.717, 1.165) is 44.3 Å². The lowest BCUT2D eigenvalue weighted by atomic mass is 9.33. The Hall–Kier alpha value is -4.06. The van der Waals surface area contributed by atoms with Crippen molar-refractivity contribution in [1.82, 2.24) is 5.32 Å². The minimum absolute atomic E-state index is 0.0448. The molecular formula is C52H62FNO5. The number of carbonyl (C=O) groups excluding carboxylic acids is 3. The van der Waals surface area contributed by atoms with Crippen LogP contribution in [-0.4, -0.2) is 36.6 Å². The Kier molecular flexibility index (Phi) is 9.57. The van der Waals surface area contributed by atoms with Gasteiger partial charge in [0.2, 0.25) is 0 Å². The molecule has 0 radical (unpaired) electrons. The number of allylic oxidation sites excluding steroid dienone is 2. The molecule has 1 amide bonds. The fourth-order valence-corrected chi connectivity index (χ4v) is 15.5. The fraction of sp³-hybridized carbons (Fsp3) is 0.577. The van der Waals surface area contributed by atoms with Crippen LogP contribution in [0.5, 0.6) is 0 Å². The monoisotopic (exact) mass is 799 g/mol. The molecule has 1 unspecified atom stereocenters. The minimum Gasteiger partial charge on any atom is -0.449 e. The van der Waals surface area contributed by atoms with E-state index < -0.39 is 0 Å². The Labute approximate surface area is 350 Å². The summed E-state index contributed by atoms with van der Waals surface area (Å²) in [6, 6.07) is 23.0. The molecule has 7 aliphatic rings. The van der Waals surface area contributed by atoms with Crippen LogP contribution < -0.4 is 5.32 Å². The van der Waals surface area contributed by atoms with Crippen molar-refractivity contribution in [3.8, 4) is 11.1 Å². The maximum atomic E-state index is 14.9. The van der Waals surface area contributed by atoms with Gasteiger partial charge in [0, 0.05) is 11.5 Å². The van der Waals surface area contributed by atoms with Crippen LogP contribution in [0.15, 0.2) is 72.8 Å². The lowest BCUT2D eigenvalue weighted by Crippen LogP contribution is -2.68. The van der Waals surface area contributed by atoms with Crippen LogP contribution in [0.2, 0.25) is 0 Å². The number of rotatable bonds is 5. The number of hydrogen-bond acceptors (Lipinski definition) is 5. The molecular weight excluding hydrogens is 738 g/mol. The molecule has 10 atom stereocenters. The van der Waals surface area contributed by atoms with Gasteiger partial charge in [0.1, 0.15) is 12.4 Å². The molecule has 7 heteroatoms. The van der Waals surface area contributed by atoms with E-state index in [2.05, 4.69) is 108 Å². The summed E-state index contributed by atoms with van der Waals surface area (Å²) in [4.78, 5) is 30.4. The van der Waals surface area contributed by atoms with Crippen molar-refractivity contribution in [2.45, 2.75) is 123 Å². The lowest BCUT2D eigenvalue weighted by molar-refractivity contribution is -0.221. The first-order chi connectivity index (χ1) is 28.1. The first kappa shape index (κ1) is 40.4. The van der Waals surface area contributed by atoms with Gasteiger partial charge in [-0.05, 0) is 168 Å². The summed E-state index contributed by atoms with van der Waals surface area (Å²) in [5.74, 6) is 2.40. The molecule has 10 rings (SSSR count). The van der Waals surface area contributed by atoms with Crippen molar-refractivity contribution in [2.24, 2.45) is 51.2 Å². The second-order valence-corrected chi connectivity index (χ2v) is 21.1. The lowest BCUT2D eigenvalue weighted by Gasteiger charge is -2.72. The number of alkyl carbamates (subject to hydrolysis) is 1. The smallest absolute Gasteiger partial charge is 0.407 e. The van der Waals surface area contributed by atoms with Crippen molar-refractivity contribution in [3.05, 3.63) is 101 Å². The average molecular weight is 800 g/mol. The van der Waals surface area contributed by atoms with Gasteiger partial charge < -0.3 is 14.8 Å². The highest BCUT2D eigenvalue weighted by Crippen LogP contribution is 2.77. The van der Waals surface area contributed by atoms with E-state index in [0.29, 0.717) is 41.8 Å². The summed E-state index contributed by atoms with van der Waals surface area (Å²) in [5.41, 5.74) is 8.19. The molecule has 0 aromatic heterocycles. The molecule has 6 nitrogen and oxygen atoms in total. The molecule has 1 aliphatic heterocycles. The Balaban J connectivity index is 0.00000145. The molecule has 59 heavy (non-hydrogen) atoms. The second-order valence-electron chi connectivity index (χ2n) is 21.1. The summed E-state index contributed by atoms with van der Waals surface area (Å²) in [6.45, 7) is 18.2. The summed E-state index contributed by atoms with van der Waals surface area (Å²) in [7, 11) is 0. The highest BCUT2D eigenvalue weighted by atomic mass is 19.1. The van der Waals surface area contributed by atoms with Crippen LogP contribution in [0.1, 0.15) is 128 Å². The van der Waals surface area contributed by atoms with Gasteiger partial charge in [-0.2, -0.15) is 9.59 Å². The summed E-state index contributed by atoms with van der Waals surface area (Å²) < 4.78 is 27.5. The molecule has 312 valence electrons. The Bertz CT molecular complexity index is 2190. The Morgan fingerprint density at radius 2 is 1.47 bits per heavy atom. The van der Waals surface area contributed by atoms with Gasteiger partial charge in [-0.15, -0.1) is 0 Å². The topological polar surface area (TPSA) is 85.0 Å². The number of hydrogen-bond donors (Lipinski definition) is 1. The van der Waals surface area contributed by atoms with Crippen molar-refractivity contribution in [3.63, 3.8) is 0 Å². The molecule has 1 N–H and O–H groups in total. The third kappa shape index (κ3) is 5.91. The van der Waals surface area contributed by atoms with Gasteiger partial charge >= 0.3 is 12.2 Å². The zero-order valence-corrected chi connectivity index (χ0v) is 36.1. The molecule has 3 aromatic carbocycles. The van der Waals surface area contributed by atoms with Gasteiger partial charge in [-0.1, -0.05) is 101 Å². The summed E-state index contributed by atoms with van der Waals surface area (Å²) in [6.07, 6.45) is 12.6. The van der Waals surface area contributed by atoms with Crippen molar-refractivity contribution < 1.29 is 28.2 Å². The van der Waals surface area contributed by atoms with E-state index in [4.69, 9.17) is 19.1 Å². The number of aryl methyl sites for hydroxylation is 1. The predicted molar refractivity (Wildman–Crippen MR) is 227 cm³/mol. The Morgan fingerprint density at radius 1 is 0.814 bits per heavy atom. The van der Waals surface area contributed by atoms with Crippen LogP contribution in [0.25, 0.3) is 16.7 Å². The molecule has 5 fully saturated rings. The third-order valence-corrected chi connectivity index (χ3v) is 18.6. The van der Waals surface area contributed by atoms with E-state index in [1.165, 1.54) is 53.5 Å². The number of amides is 1. The van der Waals surface area contributed by atoms with E-state index in [1.54, 1.807) is 6.07 Å². The molecule has 6 aliphatic carbocycles. The molecule has 4 saturated carbocycles. The predicted octanol–water partition coefficient (Wildman–Crippen LogP) is 11.7. The van der Waals surface area contributed by atoms with Crippen molar-refractivity contribution >= 4 is 17.8 Å². The van der Waals surface area contributed by atoms with Crippen LogP contribution in [0, 0.1) is 64.0 Å². The molecule has 0 spiro atoms. The number of nitrogens with one attached hydrogen (secondary N) is 1. The number of carbonyl (C=O) groups is 1. The van der Waals surface area contributed by atoms with E-state index >= 15 is 0 Å². The van der Waals surface area contributed by atoms with Gasteiger partial charge in [-0.3, -0.25) is 0 Å². The maximum absolute atomic E-state index is 14.9. The first-order valence-electron chi connectivity index (χ1n) is 22.3. The standard InChI is InChI=1S/C51H62FNO3.CO2/c1-31-16-17-32(28-41(31)52)38-20-23-47(4)42(46(38,2)3)22-24-49(6)43(47)19-18-39-44-40(50(7)30-56-50)21-25-51(44,27-26-48(39,49)5)53-45(54)55-29-37-35-14-10-8-12-33(35)34-13-9-11-15-36(34)37;2-1-3/h8-17,20,28,37,39-40,42-44H,18-19,21-27,29-30H2,1-7H3,(H,53,54);/t39-,40-,42+,43-,44+,47+,48-,49-,50?,51+;/m1./s1. The normalized spacial score (nSPS) is 38.3. The van der Waals surface area contributed by atoms with E-state index in [9.17, 15) is 9.18 Å². The third-order valence-electron chi connectivity index (χ3n) is 18.6. The van der Waals surface area contributed by atoms with Gasteiger partial charge in [0.05, 0.1) is 12.2 Å². The van der Waals surface area contributed by atoms with E-state index in [1.807, 2.05) is 13.0 Å². The van der Waals surface area contributed by atoms with Crippen LogP contribution in [0.3, 0.4) is 0 Å².